The van der Waals surface area contributed by atoms with Crippen LogP contribution in [0.5, 0.6) is 0 Å². The Hall–Kier alpha value is -1.71. The van der Waals surface area contributed by atoms with Gasteiger partial charge in [-0.2, -0.15) is 5.26 Å². The molecule has 0 spiro atoms. The fourth-order valence-electron chi connectivity index (χ4n) is 3.28. The summed E-state index contributed by atoms with van der Waals surface area (Å²) in [5, 5.41) is 28.2. The van der Waals surface area contributed by atoms with E-state index in [0.717, 1.165) is 4.31 Å². The van der Waals surface area contributed by atoms with Crippen molar-refractivity contribution in [2.75, 3.05) is 19.7 Å². The van der Waals surface area contributed by atoms with Crippen LogP contribution in [-0.4, -0.2) is 57.7 Å². The molecule has 1 unspecified atom stereocenters. The standard InChI is InChI=1S/C18H17Cl2N3O5S2/c19-13-2-4-14(5-3-13)29(26,27)17-9-23(10-18(17,25)11-24)30(22,28)16-6-1-12(8-21)7-15(16)20/h1-7,17,22,24-25H,9-11H2/t17-,18+,30?/m0/s1. The lowest BCUT2D eigenvalue weighted by Gasteiger charge is -2.26. The molecule has 0 aromatic heterocycles. The van der Waals surface area contributed by atoms with Crippen LogP contribution in [0.3, 0.4) is 0 Å². The van der Waals surface area contributed by atoms with Gasteiger partial charge in [0, 0.05) is 18.1 Å². The number of rotatable bonds is 5. The zero-order valence-electron chi connectivity index (χ0n) is 15.3. The first kappa shape index (κ1) is 23.0. The predicted octanol–water partition coefficient (Wildman–Crippen LogP) is 2.07. The Morgan fingerprint density at radius 1 is 1.20 bits per heavy atom. The van der Waals surface area contributed by atoms with Crippen molar-refractivity contribution in [2.24, 2.45) is 0 Å². The normalized spacial score (nSPS) is 24.3. The summed E-state index contributed by atoms with van der Waals surface area (Å²) < 4.78 is 48.9. The molecule has 0 bridgehead atoms. The van der Waals surface area contributed by atoms with Crippen molar-refractivity contribution >= 4 is 43.0 Å². The molecule has 12 heteroatoms. The van der Waals surface area contributed by atoms with E-state index >= 15 is 0 Å². The van der Waals surface area contributed by atoms with Gasteiger partial charge in [0.15, 0.2) is 9.84 Å². The monoisotopic (exact) mass is 489 g/mol. The molecule has 0 radical (unpaired) electrons. The van der Waals surface area contributed by atoms with E-state index in [9.17, 15) is 22.8 Å². The van der Waals surface area contributed by atoms with Crippen molar-refractivity contribution in [3.8, 4) is 6.07 Å². The summed E-state index contributed by atoms with van der Waals surface area (Å²) in [6, 6.07) is 11.0. The first-order chi connectivity index (χ1) is 14.0. The topological polar surface area (TPSA) is 143 Å². The smallest absolute Gasteiger partial charge is 0.185 e. The maximum atomic E-state index is 13.3. The molecule has 1 aliphatic rings. The Morgan fingerprint density at radius 3 is 2.37 bits per heavy atom. The number of benzene rings is 2. The van der Waals surface area contributed by atoms with E-state index < -0.39 is 50.3 Å². The van der Waals surface area contributed by atoms with Crippen LogP contribution >= 0.6 is 23.2 Å². The maximum absolute atomic E-state index is 13.3. The second kappa shape index (κ2) is 8.09. The molecule has 0 saturated carbocycles. The Kier molecular flexibility index (Phi) is 6.19. The third-order valence-corrected chi connectivity index (χ3v) is 9.83. The number of halogens is 2. The molecule has 160 valence electrons. The van der Waals surface area contributed by atoms with E-state index in [1.807, 2.05) is 6.07 Å². The molecule has 1 aliphatic heterocycles. The van der Waals surface area contributed by atoms with E-state index in [0.29, 0.717) is 5.02 Å². The fourth-order valence-corrected chi connectivity index (χ4v) is 7.56. The average molecular weight is 490 g/mol. The van der Waals surface area contributed by atoms with Crippen LogP contribution in [0.1, 0.15) is 5.56 Å². The summed E-state index contributed by atoms with van der Waals surface area (Å²) in [6.07, 6.45) is 0. The number of sulfone groups is 1. The highest BCUT2D eigenvalue weighted by molar-refractivity contribution is 7.92. The zero-order chi connectivity index (χ0) is 22.3. The van der Waals surface area contributed by atoms with Crippen molar-refractivity contribution < 1.29 is 22.8 Å². The third kappa shape index (κ3) is 3.94. The van der Waals surface area contributed by atoms with E-state index in [1.165, 1.54) is 42.5 Å². The Balaban J connectivity index is 2.02. The zero-order valence-corrected chi connectivity index (χ0v) is 18.5. The molecule has 1 fully saturated rings. The lowest BCUT2D eigenvalue weighted by Crippen LogP contribution is -2.49. The summed E-state index contributed by atoms with van der Waals surface area (Å²) >= 11 is 11.9. The molecule has 3 atom stereocenters. The highest BCUT2D eigenvalue weighted by Gasteiger charge is 2.54. The highest BCUT2D eigenvalue weighted by atomic mass is 35.5. The number of β-amino-alcohol motifs (C(OH)–C–C–N with tert-alkyl or cyclic N) is 1. The molecular formula is C18H17Cl2N3O5S2. The minimum Gasteiger partial charge on any atom is -0.393 e. The first-order valence-electron chi connectivity index (χ1n) is 8.52. The van der Waals surface area contributed by atoms with E-state index in [1.54, 1.807) is 0 Å². The molecule has 0 aliphatic carbocycles. The molecule has 1 heterocycles. The van der Waals surface area contributed by atoms with Crippen molar-refractivity contribution in [2.45, 2.75) is 20.6 Å². The van der Waals surface area contributed by atoms with Crippen molar-refractivity contribution in [3.05, 3.63) is 58.1 Å². The minimum atomic E-state index is -4.17. The van der Waals surface area contributed by atoms with E-state index in [2.05, 4.69) is 0 Å². The van der Waals surface area contributed by atoms with Crippen LogP contribution in [0.2, 0.25) is 10.0 Å². The van der Waals surface area contributed by atoms with Gasteiger partial charge in [-0.3, -0.25) is 0 Å². The Morgan fingerprint density at radius 2 is 1.83 bits per heavy atom. The van der Waals surface area contributed by atoms with Crippen LogP contribution in [0.25, 0.3) is 0 Å². The quantitative estimate of drug-likeness (QED) is 0.586. The number of nitrogens with one attached hydrogen (secondary N) is 1. The minimum absolute atomic E-state index is 0.0920. The van der Waals surface area contributed by atoms with Gasteiger partial charge in [0.1, 0.15) is 20.8 Å². The molecule has 2 aromatic carbocycles. The van der Waals surface area contributed by atoms with Gasteiger partial charge in [0.25, 0.3) is 0 Å². The molecule has 2 aromatic rings. The van der Waals surface area contributed by atoms with Gasteiger partial charge < -0.3 is 10.2 Å². The second-order valence-corrected chi connectivity index (χ2v) is 11.8. The Bertz CT molecular complexity index is 1230. The van der Waals surface area contributed by atoms with Gasteiger partial charge in [-0.1, -0.05) is 23.2 Å². The molecule has 3 N–H and O–H groups in total. The molecular weight excluding hydrogens is 473 g/mol. The molecule has 1 saturated heterocycles. The first-order valence-corrected chi connectivity index (χ1v) is 12.3. The Labute approximate surface area is 184 Å². The lowest BCUT2D eigenvalue weighted by atomic mass is 10.1. The van der Waals surface area contributed by atoms with Gasteiger partial charge in [0.05, 0.1) is 33.1 Å². The van der Waals surface area contributed by atoms with E-state index in [-0.39, 0.29) is 20.4 Å². The number of hydrogen-bond acceptors (Lipinski definition) is 7. The van der Waals surface area contributed by atoms with Crippen LogP contribution in [0.4, 0.5) is 0 Å². The number of nitriles is 1. The predicted molar refractivity (Wildman–Crippen MR) is 111 cm³/mol. The molecule has 3 rings (SSSR count). The summed E-state index contributed by atoms with van der Waals surface area (Å²) in [7, 11) is -7.99. The largest absolute Gasteiger partial charge is 0.393 e. The summed E-state index contributed by atoms with van der Waals surface area (Å²) in [5.74, 6) is 0. The van der Waals surface area contributed by atoms with Crippen molar-refractivity contribution in [1.29, 1.82) is 10.0 Å². The summed E-state index contributed by atoms with van der Waals surface area (Å²) in [6.45, 7) is -1.92. The van der Waals surface area contributed by atoms with Gasteiger partial charge >= 0.3 is 0 Å². The number of aliphatic hydroxyl groups is 2. The molecule has 30 heavy (non-hydrogen) atoms. The van der Waals surface area contributed by atoms with Crippen LogP contribution in [0.15, 0.2) is 52.3 Å². The number of aliphatic hydroxyl groups excluding tert-OH is 1. The average Bonchev–Trinajstić information content (AvgIpc) is 3.08. The SMILES string of the molecule is N#Cc1ccc(S(=N)(=O)N2C[C@H](S(=O)(=O)c3ccc(Cl)cc3)[C@](O)(CO)C2)c(Cl)c1. The van der Waals surface area contributed by atoms with Gasteiger partial charge in [0.2, 0.25) is 0 Å². The fraction of sp³-hybridized carbons (Fsp3) is 0.278. The maximum Gasteiger partial charge on any atom is 0.185 e. The van der Waals surface area contributed by atoms with Crippen molar-refractivity contribution in [3.63, 3.8) is 0 Å². The van der Waals surface area contributed by atoms with Crippen LogP contribution in [0, 0.1) is 16.1 Å². The summed E-state index contributed by atoms with van der Waals surface area (Å²) in [4.78, 5) is -0.244. The van der Waals surface area contributed by atoms with Crippen molar-refractivity contribution in [1.82, 2.24) is 4.31 Å². The molecule has 0 amide bonds. The van der Waals surface area contributed by atoms with Crippen LogP contribution < -0.4 is 0 Å². The number of hydrogen-bond donors (Lipinski definition) is 3. The van der Waals surface area contributed by atoms with Gasteiger partial charge in [-0.25, -0.2) is 21.7 Å². The van der Waals surface area contributed by atoms with Crippen LogP contribution in [-0.2, 0) is 19.8 Å². The lowest BCUT2D eigenvalue weighted by molar-refractivity contribution is 0.00174. The molecule has 8 nitrogen and oxygen atoms in total. The second-order valence-electron chi connectivity index (χ2n) is 6.85. The highest BCUT2D eigenvalue weighted by Crippen LogP contribution is 2.36. The third-order valence-electron chi connectivity index (χ3n) is 4.93. The summed E-state index contributed by atoms with van der Waals surface area (Å²) in [5.41, 5.74) is -1.95. The van der Waals surface area contributed by atoms with E-state index in [4.69, 9.17) is 33.2 Å². The van der Waals surface area contributed by atoms with Gasteiger partial charge in [-0.05, 0) is 42.5 Å². The van der Waals surface area contributed by atoms with Gasteiger partial charge in [-0.15, -0.1) is 0 Å². The number of nitrogens with zero attached hydrogens (tertiary/aromatic N) is 2.